The van der Waals surface area contributed by atoms with Gasteiger partial charge in [-0.2, -0.15) is 8.42 Å². The average Bonchev–Trinajstić information content (AvgIpc) is 3.30. The first-order chi connectivity index (χ1) is 14.5. The molecule has 0 saturated heterocycles. The number of rotatable bonds is 4. The molecule has 4 aliphatic rings. The van der Waals surface area contributed by atoms with Gasteiger partial charge in [-0.15, -0.1) is 9.35 Å². The number of carbonyl (C=O) groups excluding carboxylic acids is 3. The summed E-state index contributed by atoms with van der Waals surface area (Å²) in [5.74, 6) is -1.67. The van der Waals surface area contributed by atoms with E-state index >= 15 is 0 Å². The van der Waals surface area contributed by atoms with Crippen LogP contribution in [0.5, 0.6) is 0 Å². The van der Waals surface area contributed by atoms with Crippen LogP contribution < -0.4 is 0 Å². The molecule has 2 aromatic rings. The third-order valence-electron chi connectivity index (χ3n) is 8.42. The van der Waals surface area contributed by atoms with E-state index in [2.05, 4.69) is 0 Å². The molecule has 160 valence electrons. The molecular weight excluding hydrogens is 418 g/mol. The molecule has 3 unspecified atom stereocenters. The van der Waals surface area contributed by atoms with Crippen molar-refractivity contribution in [3.8, 4) is 0 Å². The highest BCUT2D eigenvalue weighted by Gasteiger charge is 2.86. The van der Waals surface area contributed by atoms with Crippen molar-refractivity contribution < 1.29 is 27.1 Å². The Labute approximate surface area is 179 Å². The Morgan fingerprint density at radius 2 is 1.65 bits per heavy atom. The lowest BCUT2D eigenvalue weighted by atomic mass is 9.76. The van der Waals surface area contributed by atoms with Gasteiger partial charge in [0.1, 0.15) is 5.78 Å². The zero-order valence-corrected chi connectivity index (χ0v) is 18.0. The Hall–Kier alpha value is -2.58. The highest BCUT2D eigenvalue weighted by Crippen LogP contribution is 2.86. The monoisotopic (exact) mass is 439 g/mol. The second-order valence-electron chi connectivity index (χ2n) is 10.0. The fraction of sp³-hybridized carbons (Fsp3) is 0.435. The number of amides is 2. The van der Waals surface area contributed by atoms with Gasteiger partial charge in [0.25, 0.3) is 21.9 Å². The van der Waals surface area contributed by atoms with Crippen molar-refractivity contribution in [3.63, 3.8) is 0 Å². The Kier molecular flexibility index (Phi) is 3.35. The number of ketones is 1. The lowest BCUT2D eigenvalue weighted by Crippen LogP contribution is -2.43. The van der Waals surface area contributed by atoms with Crippen LogP contribution in [0.1, 0.15) is 53.8 Å². The quantitative estimate of drug-likeness (QED) is 0.679. The fourth-order valence-corrected chi connectivity index (χ4v) is 8.52. The van der Waals surface area contributed by atoms with E-state index < -0.39 is 32.8 Å². The number of carbonyl (C=O) groups is 3. The highest BCUT2D eigenvalue weighted by atomic mass is 32.2. The van der Waals surface area contributed by atoms with E-state index in [0.29, 0.717) is 29.7 Å². The molecule has 3 atom stereocenters. The van der Waals surface area contributed by atoms with Gasteiger partial charge in [0.2, 0.25) is 0 Å². The maximum absolute atomic E-state index is 13.0. The summed E-state index contributed by atoms with van der Waals surface area (Å²) in [5.41, 5.74) is -1.09. The molecule has 2 amide bonds. The van der Waals surface area contributed by atoms with Crippen molar-refractivity contribution in [2.75, 3.05) is 5.75 Å². The van der Waals surface area contributed by atoms with E-state index in [1.165, 1.54) is 0 Å². The van der Waals surface area contributed by atoms with Gasteiger partial charge in [0.05, 0.1) is 16.9 Å². The molecule has 8 heteroatoms. The van der Waals surface area contributed by atoms with Crippen molar-refractivity contribution in [2.24, 2.45) is 22.2 Å². The molecule has 2 bridgehead atoms. The van der Waals surface area contributed by atoms with Crippen LogP contribution in [-0.4, -0.2) is 36.8 Å². The lowest BCUT2D eigenvalue weighted by Gasteiger charge is -2.27. The molecule has 1 spiro atoms. The summed E-state index contributed by atoms with van der Waals surface area (Å²) in [5, 5.41) is 1.58. The van der Waals surface area contributed by atoms with E-state index in [1.54, 1.807) is 36.4 Å². The first-order valence-corrected chi connectivity index (χ1v) is 12.0. The van der Waals surface area contributed by atoms with Crippen molar-refractivity contribution in [2.45, 2.75) is 33.1 Å². The first-order valence-electron chi connectivity index (χ1n) is 10.4. The molecule has 0 N–H and O–H groups in total. The summed E-state index contributed by atoms with van der Waals surface area (Å²) in [6.07, 6.45) is 1.67. The van der Waals surface area contributed by atoms with Crippen LogP contribution in [0.2, 0.25) is 0 Å². The van der Waals surface area contributed by atoms with Crippen LogP contribution in [-0.2, 0) is 19.2 Å². The minimum absolute atomic E-state index is 0.134. The fourth-order valence-electron chi connectivity index (χ4n) is 6.96. The Morgan fingerprint density at radius 1 is 1.03 bits per heavy atom. The van der Waals surface area contributed by atoms with Crippen molar-refractivity contribution in [1.29, 1.82) is 0 Å². The van der Waals surface area contributed by atoms with Crippen LogP contribution in [0.4, 0.5) is 0 Å². The van der Waals surface area contributed by atoms with Crippen molar-refractivity contribution in [1.82, 2.24) is 5.06 Å². The molecule has 3 fully saturated rings. The van der Waals surface area contributed by atoms with Crippen molar-refractivity contribution >= 4 is 38.5 Å². The number of nitrogens with zero attached hydrogens (tertiary/aromatic N) is 1. The molecule has 3 saturated carbocycles. The van der Waals surface area contributed by atoms with E-state index in [4.69, 9.17) is 4.28 Å². The maximum atomic E-state index is 13.0. The van der Waals surface area contributed by atoms with Crippen molar-refractivity contribution in [3.05, 3.63) is 47.5 Å². The van der Waals surface area contributed by atoms with Gasteiger partial charge >= 0.3 is 0 Å². The summed E-state index contributed by atoms with van der Waals surface area (Å²) < 4.78 is 31.2. The second-order valence-corrected chi connectivity index (χ2v) is 11.6. The standard InChI is InChI=1S/C23H21NO6S/c1-21(2)14-9-17(25)23(21)11-22(23,10-14)12-31(28,29)30-24-19(26)15-7-3-5-13-6-4-8-16(18(13)15)20(24)27/h3-8,14H,9-12H2,1-2H3. The number of hydrogen-bond donors (Lipinski definition) is 0. The average molecular weight is 439 g/mol. The molecule has 31 heavy (non-hydrogen) atoms. The van der Waals surface area contributed by atoms with E-state index in [-0.39, 0.29) is 34.0 Å². The number of benzene rings is 2. The molecule has 7 nitrogen and oxygen atoms in total. The summed E-state index contributed by atoms with van der Waals surface area (Å²) >= 11 is 0. The molecule has 2 aromatic carbocycles. The molecule has 1 aliphatic heterocycles. The van der Waals surface area contributed by atoms with Gasteiger partial charge in [0.15, 0.2) is 0 Å². The van der Waals surface area contributed by atoms with Crippen LogP contribution in [0.25, 0.3) is 10.8 Å². The van der Waals surface area contributed by atoms with Crippen LogP contribution in [0.3, 0.4) is 0 Å². The Bertz CT molecular complexity index is 1290. The van der Waals surface area contributed by atoms with Gasteiger partial charge in [0, 0.05) is 22.6 Å². The van der Waals surface area contributed by atoms with Gasteiger partial charge < -0.3 is 0 Å². The molecular formula is C23H21NO6S. The number of hydroxylamine groups is 2. The number of hydrogen-bond acceptors (Lipinski definition) is 6. The lowest BCUT2D eigenvalue weighted by molar-refractivity contribution is -0.125. The SMILES string of the molecule is CC1(C)C2CC(=O)C13CC3(CS(=O)(=O)ON1C(=O)c3cccc4cccc(c34)C1=O)C2. The Morgan fingerprint density at radius 3 is 2.19 bits per heavy atom. The second kappa shape index (κ2) is 5.42. The molecule has 3 aliphatic carbocycles. The van der Waals surface area contributed by atoms with Crippen LogP contribution in [0, 0.1) is 22.2 Å². The summed E-state index contributed by atoms with van der Waals surface area (Å²) in [7, 11) is -4.29. The highest BCUT2D eigenvalue weighted by molar-refractivity contribution is 7.86. The minimum Gasteiger partial charge on any atom is -0.299 e. The topological polar surface area (TPSA) is 97.8 Å². The Balaban J connectivity index is 1.32. The van der Waals surface area contributed by atoms with E-state index in [0.717, 1.165) is 5.39 Å². The van der Waals surface area contributed by atoms with E-state index in [1.807, 2.05) is 13.8 Å². The number of imide groups is 1. The molecule has 0 aromatic heterocycles. The zero-order valence-electron chi connectivity index (χ0n) is 17.2. The van der Waals surface area contributed by atoms with Crippen LogP contribution >= 0.6 is 0 Å². The minimum atomic E-state index is -4.29. The summed E-state index contributed by atoms with van der Waals surface area (Å²) in [4.78, 5) is 38.6. The normalized spacial score (nSPS) is 32.6. The molecule has 0 radical (unpaired) electrons. The van der Waals surface area contributed by atoms with Gasteiger partial charge in [-0.3, -0.25) is 14.4 Å². The number of Topliss-reactive ketones (excluding diaryl/α,β-unsaturated/α-hetero) is 1. The molecule has 1 heterocycles. The first kappa shape index (κ1) is 19.1. The zero-order chi connectivity index (χ0) is 22.0. The maximum Gasteiger partial charge on any atom is 0.289 e. The van der Waals surface area contributed by atoms with Gasteiger partial charge in [-0.1, -0.05) is 38.1 Å². The predicted molar refractivity (Wildman–Crippen MR) is 110 cm³/mol. The van der Waals surface area contributed by atoms with Crippen LogP contribution in [0.15, 0.2) is 36.4 Å². The molecule has 6 rings (SSSR count). The van der Waals surface area contributed by atoms with E-state index in [9.17, 15) is 22.8 Å². The third kappa shape index (κ3) is 2.12. The third-order valence-corrected chi connectivity index (χ3v) is 9.71. The number of fused-ring (bicyclic) bond motifs is 1. The summed E-state index contributed by atoms with van der Waals surface area (Å²) in [6.45, 7) is 4.08. The van der Waals surface area contributed by atoms with Gasteiger partial charge in [-0.25, -0.2) is 0 Å². The predicted octanol–water partition coefficient (Wildman–Crippen LogP) is 3.09. The van der Waals surface area contributed by atoms with Gasteiger partial charge in [-0.05, 0) is 41.7 Å². The smallest absolute Gasteiger partial charge is 0.289 e. The largest absolute Gasteiger partial charge is 0.299 e. The summed E-state index contributed by atoms with van der Waals surface area (Å²) in [6, 6.07) is 10.0.